The van der Waals surface area contributed by atoms with Crippen molar-refractivity contribution < 1.29 is 9.84 Å². The van der Waals surface area contributed by atoms with Gasteiger partial charge in [0, 0.05) is 12.1 Å². The van der Waals surface area contributed by atoms with Crippen molar-refractivity contribution in [3.63, 3.8) is 0 Å². The summed E-state index contributed by atoms with van der Waals surface area (Å²) in [4.78, 5) is 10.8. The molecule has 8 nitrogen and oxygen atoms in total. The van der Waals surface area contributed by atoms with Gasteiger partial charge in [0.15, 0.2) is 5.65 Å². The number of rotatable bonds is 5. The van der Waals surface area contributed by atoms with E-state index in [1.807, 2.05) is 23.9 Å². The minimum absolute atomic E-state index is 0.00799. The van der Waals surface area contributed by atoms with Gasteiger partial charge in [0.05, 0.1) is 30.2 Å². The summed E-state index contributed by atoms with van der Waals surface area (Å²) in [6, 6.07) is 12.4. The van der Waals surface area contributed by atoms with Gasteiger partial charge >= 0.3 is 0 Å². The summed E-state index contributed by atoms with van der Waals surface area (Å²) in [5, 5.41) is 18.0. The standard InChI is InChI=1S/C23H24N6O2/c1-28-11-19(30)18(28)10-29-23-20(22(24)25-12-26-23)21(27-29)15-3-2-14-9-17(31-16-6-7-16)5-4-13(14)8-15/h2-5,8-9,12,16,18-19,30H,6-7,10-11H2,1H3,(H2,24,25,26). The number of nitrogen functional groups attached to an aromatic ring is 1. The molecule has 2 fully saturated rings. The first-order valence-electron chi connectivity index (χ1n) is 10.6. The van der Waals surface area contributed by atoms with Crippen LogP contribution in [0.4, 0.5) is 5.82 Å². The Kier molecular flexibility index (Phi) is 4.12. The number of hydrogen-bond acceptors (Lipinski definition) is 7. The Bertz CT molecular complexity index is 1290. The fourth-order valence-electron chi connectivity index (χ4n) is 4.33. The maximum Gasteiger partial charge on any atom is 0.164 e. The molecule has 2 unspecified atom stereocenters. The second-order valence-electron chi connectivity index (χ2n) is 8.60. The number of nitrogens with zero attached hydrogens (tertiary/aromatic N) is 5. The summed E-state index contributed by atoms with van der Waals surface area (Å²) in [5.74, 6) is 1.32. The van der Waals surface area contributed by atoms with Gasteiger partial charge in [-0.2, -0.15) is 5.10 Å². The number of β-amino-alcohol motifs (C(OH)–C–C–N with tert-alkyl or cyclic N) is 1. The Morgan fingerprint density at radius 3 is 2.71 bits per heavy atom. The van der Waals surface area contributed by atoms with E-state index in [1.165, 1.54) is 6.33 Å². The van der Waals surface area contributed by atoms with Gasteiger partial charge < -0.3 is 15.6 Å². The molecule has 158 valence electrons. The van der Waals surface area contributed by atoms with Crippen LogP contribution in [0, 0.1) is 0 Å². The minimum Gasteiger partial charge on any atom is -0.490 e. The molecule has 2 aromatic carbocycles. The van der Waals surface area contributed by atoms with Crippen LogP contribution in [0.2, 0.25) is 0 Å². The second-order valence-corrected chi connectivity index (χ2v) is 8.60. The van der Waals surface area contributed by atoms with Crippen LogP contribution in [0.15, 0.2) is 42.7 Å². The normalized spacial score (nSPS) is 21.5. The largest absolute Gasteiger partial charge is 0.490 e. The van der Waals surface area contributed by atoms with Crippen molar-refractivity contribution in [3.8, 4) is 17.0 Å². The third-order valence-electron chi connectivity index (χ3n) is 6.32. The fourth-order valence-corrected chi connectivity index (χ4v) is 4.33. The molecule has 1 aliphatic carbocycles. The number of benzene rings is 2. The highest BCUT2D eigenvalue weighted by atomic mass is 16.5. The fraction of sp³-hybridized carbons (Fsp3) is 0.348. The molecule has 3 heterocycles. The van der Waals surface area contributed by atoms with Crippen LogP contribution in [-0.4, -0.2) is 61.6 Å². The average molecular weight is 416 g/mol. The van der Waals surface area contributed by atoms with Crippen LogP contribution >= 0.6 is 0 Å². The number of aromatic nitrogens is 4. The highest BCUT2D eigenvalue weighted by molar-refractivity contribution is 6.00. The number of fused-ring (bicyclic) bond motifs is 2. The molecule has 0 bridgehead atoms. The number of aliphatic hydroxyl groups excluding tert-OH is 1. The van der Waals surface area contributed by atoms with Crippen molar-refractivity contribution in [2.45, 2.75) is 37.6 Å². The molecular formula is C23H24N6O2. The summed E-state index contributed by atoms with van der Waals surface area (Å²) in [6.07, 6.45) is 3.76. The third kappa shape index (κ3) is 3.19. The Morgan fingerprint density at radius 1 is 1.13 bits per heavy atom. The summed E-state index contributed by atoms with van der Waals surface area (Å²) in [6.45, 7) is 1.21. The van der Waals surface area contributed by atoms with Gasteiger partial charge in [-0.05, 0) is 48.9 Å². The Balaban J connectivity index is 1.42. The van der Waals surface area contributed by atoms with E-state index in [-0.39, 0.29) is 12.1 Å². The molecule has 8 heteroatoms. The van der Waals surface area contributed by atoms with Crippen LogP contribution in [0.5, 0.6) is 5.75 Å². The van der Waals surface area contributed by atoms with E-state index in [9.17, 15) is 5.11 Å². The lowest BCUT2D eigenvalue weighted by atomic mass is 10.0. The topological polar surface area (TPSA) is 102 Å². The van der Waals surface area contributed by atoms with E-state index in [2.05, 4.69) is 39.1 Å². The summed E-state index contributed by atoms with van der Waals surface area (Å²) < 4.78 is 7.76. The highest BCUT2D eigenvalue weighted by Crippen LogP contribution is 2.34. The molecular weight excluding hydrogens is 392 g/mol. The van der Waals surface area contributed by atoms with Gasteiger partial charge in [0.2, 0.25) is 0 Å². The molecule has 2 aliphatic rings. The average Bonchev–Trinajstić information content (AvgIpc) is 3.50. The Hall–Kier alpha value is -3.23. The molecule has 2 aromatic heterocycles. The van der Waals surface area contributed by atoms with E-state index in [1.54, 1.807) is 0 Å². The zero-order valence-electron chi connectivity index (χ0n) is 17.3. The summed E-state index contributed by atoms with van der Waals surface area (Å²) in [7, 11) is 2.00. The predicted molar refractivity (Wildman–Crippen MR) is 119 cm³/mol. The maximum absolute atomic E-state index is 10.1. The van der Waals surface area contributed by atoms with Gasteiger partial charge in [-0.1, -0.05) is 18.2 Å². The van der Waals surface area contributed by atoms with E-state index in [0.717, 1.165) is 46.0 Å². The number of hydrogen-bond donors (Lipinski definition) is 2. The van der Waals surface area contributed by atoms with E-state index in [4.69, 9.17) is 15.6 Å². The first-order valence-corrected chi connectivity index (χ1v) is 10.6. The lowest BCUT2D eigenvalue weighted by Crippen LogP contribution is -2.59. The van der Waals surface area contributed by atoms with Gasteiger partial charge in [-0.3, -0.25) is 4.90 Å². The van der Waals surface area contributed by atoms with Crippen molar-refractivity contribution in [1.29, 1.82) is 0 Å². The van der Waals surface area contributed by atoms with Crippen LogP contribution in [0.3, 0.4) is 0 Å². The first kappa shape index (κ1) is 18.5. The van der Waals surface area contributed by atoms with Gasteiger partial charge in [0.25, 0.3) is 0 Å². The van der Waals surface area contributed by atoms with Crippen molar-refractivity contribution in [2.75, 3.05) is 19.3 Å². The molecule has 31 heavy (non-hydrogen) atoms. The molecule has 3 N–H and O–H groups in total. The monoisotopic (exact) mass is 416 g/mol. The number of aliphatic hydroxyl groups is 1. The number of anilines is 1. The Morgan fingerprint density at radius 2 is 1.94 bits per heavy atom. The van der Waals surface area contributed by atoms with Gasteiger partial charge in [0.1, 0.15) is 23.6 Å². The third-order valence-corrected chi connectivity index (χ3v) is 6.32. The molecule has 0 amide bonds. The van der Waals surface area contributed by atoms with E-state index in [0.29, 0.717) is 30.7 Å². The number of likely N-dealkylation sites (N-methyl/N-ethyl adjacent to an activating group) is 1. The zero-order valence-corrected chi connectivity index (χ0v) is 17.3. The summed E-state index contributed by atoms with van der Waals surface area (Å²) in [5.41, 5.74) is 8.64. The molecule has 1 aliphatic heterocycles. The lowest BCUT2D eigenvalue weighted by molar-refractivity contribution is -0.0530. The van der Waals surface area contributed by atoms with Gasteiger partial charge in [-0.15, -0.1) is 0 Å². The van der Waals surface area contributed by atoms with E-state index < -0.39 is 0 Å². The van der Waals surface area contributed by atoms with Crippen molar-refractivity contribution in [1.82, 2.24) is 24.6 Å². The van der Waals surface area contributed by atoms with Gasteiger partial charge in [-0.25, -0.2) is 14.6 Å². The maximum atomic E-state index is 10.1. The lowest BCUT2D eigenvalue weighted by Gasteiger charge is -2.42. The number of ether oxygens (including phenoxy) is 1. The van der Waals surface area contributed by atoms with E-state index >= 15 is 0 Å². The molecule has 0 spiro atoms. The Labute approximate surface area is 179 Å². The first-order chi connectivity index (χ1) is 15.1. The highest BCUT2D eigenvalue weighted by Gasteiger charge is 2.35. The smallest absolute Gasteiger partial charge is 0.164 e. The molecule has 2 atom stereocenters. The summed E-state index contributed by atoms with van der Waals surface area (Å²) >= 11 is 0. The SMILES string of the molecule is CN1CC(O)C1Cn1nc(-c2ccc3cc(OC4CC4)ccc3c2)c2c(N)ncnc21. The van der Waals surface area contributed by atoms with Crippen molar-refractivity contribution in [2.24, 2.45) is 0 Å². The molecule has 1 saturated heterocycles. The molecule has 4 aromatic rings. The van der Waals surface area contributed by atoms with Crippen LogP contribution in [0.1, 0.15) is 12.8 Å². The number of nitrogens with two attached hydrogens (primary N) is 1. The zero-order chi connectivity index (χ0) is 21.1. The molecule has 6 rings (SSSR count). The predicted octanol–water partition coefficient (Wildman–Crippen LogP) is 2.44. The molecule has 0 radical (unpaired) electrons. The number of likely N-dealkylation sites (tertiary alicyclic amines) is 1. The second kappa shape index (κ2) is 6.90. The van der Waals surface area contributed by atoms with Crippen LogP contribution < -0.4 is 10.5 Å². The van der Waals surface area contributed by atoms with Crippen molar-refractivity contribution >= 4 is 27.6 Å². The minimum atomic E-state index is -0.361. The quantitative estimate of drug-likeness (QED) is 0.515. The van der Waals surface area contributed by atoms with Crippen molar-refractivity contribution in [3.05, 3.63) is 42.7 Å². The van der Waals surface area contributed by atoms with Crippen LogP contribution in [-0.2, 0) is 6.54 Å². The molecule has 1 saturated carbocycles. The van der Waals surface area contributed by atoms with Crippen LogP contribution in [0.25, 0.3) is 33.1 Å².